The van der Waals surface area contributed by atoms with E-state index in [0.717, 1.165) is 26.2 Å². The van der Waals surface area contributed by atoms with E-state index < -0.39 is 0 Å². The van der Waals surface area contributed by atoms with Gasteiger partial charge in [0.15, 0.2) is 0 Å². The molecule has 1 amide bonds. The van der Waals surface area contributed by atoms with Gasteiger partial charge in [0.1, 0.15) is 0 Å². The molecule has 1 fully saturated rings. The van der Waals surface area contributed by atoms with Crippen LogP contribution >= 0.6 is 0 Å². The van der Waals surface area contributed by atoms with Crippen LogP contribution in [0.5, 0.6) is 0 Å². The molecule has 1 aliphatic heterocycles. The van der Waals surface area contributed by atoms with Gasteiger partial charge in [0.25, 0.3) is 0 Å². The lowest BCUT2D eigenvalue weighted by molar-refractivity contribution is -0.118. The van der Waals surface area contributed by atoms with Crippen molar-refractivity contribution in [2.45, 2.75) is 6.92 Å². The lowest BCUT2D eigenvalue weighted by atomic mass is 10.5. The predicted molar refractivity (Wildman–Crippen MR) is 48.0 cm³/mol. The Labute approximate surface area is 73.3 Å². The molecule has 0 atom stereocenters. The maximum absolute atomic E-state index is 10.4. The van der Waals surface area contributed by atoms with E-state index in [9.17, 15) is 4.79 Å². The van der Waals surface area contributed by atoms with Gasteiger partial charge in [-0.25, -0.2) is 0 Å². The molecule has 0 aromatic carbocycles. The van der Waals surface area contributed by atoms with E-state index in [0.29, 0.717) is 0 Å². The van der Waals surface area contributed by atoms with Crippen LogP contribution in [0.3, 0.4) is 0 Å². The largest absolute Gasteiger partial charge is 0.355 e. The molecule has 1 heterocycles. The van der Waals surface area contributed by atoms with Crippen molar-refractivity contribution in [1.82, 2.24) is 15.5 Å². The Morgan fingerprint density at radius 3 is 2.67 bits per heavy atom. The van der Waals surface area contributed by atoms with Gasteiger partial charge < -0.3 is 10.6 Å². The highest BCUT2D eigenvalue weighted by atomic mass is 16.1. The van der Waals surface area contributed by atoms with Crippen LogP contribution in [-0.2, 0) is 4.79 Å². The van der Waals surface area contributed by atoms with Crippen molar-refractivity contribution >= 4 is 5.91 Å². The third-order valence-corrected chi connectivity index (χ3v) is 1.82. The average molecular weight is 171 g/mol. The van der Waals surface area contributed by atoms with Gasteiger partial charge in [0, 0.05) is 46.2 Å². The minimum absolute atomic E-state index is 0.0442. The van der Waals surface area contributed by atoms with E-state index in [2.05, 4.69) is 15.5 Å². The number of hydrogen-bond donors (Lipinski definition) is 2. The molecule has 4 nitrogen and oxygen atoms in total. The molecule has 0 aromatic rings. The van der Waals surface area contributed by atoms with Crippen LogP contribution in [0.2, 0.25) is 0 Å². The fourth-order valence-corrected chi connectivity index (χ4v) is 0.983. The van der Waals surface area contributed by atoms with Crippen molar-refractivity contribution in [3.05, 3.63) is 0 Å². The summed E-state index contributed by atoms with van der Waals surface area (Å²) in [5.41, 5.74) is 0. The zero-order chi connectivity index (χ0) is 8.81. The summed E-state index contributed by atoms with van der Waals surface area (Å²) in [5, 5.41) is 5.99. The predicted octanol–water partition coefficient (Wildman–Crippen LogP) is -0.972. The molecular weight excluding hydrogens is 154 g/mol. The standard InChI is InChI=1S/C8H17N3O/c1-8(12)10-3-2-9-4-5-11-6-7-11/h9H,2-7H2,1H3,(H,10,12). The monoisotopic (exact) mass is 171 g/mol. The summed E-state index contributed by atoms with van der Waals surface area (Å²) in [6.07, 6.45) is 0. The molecule has 0 radical (unpaired) electrons. The molecule has 0 spiro atoms. The summed E-state index contributed by atoms with van der Waals surface area (Å²) >= 11 is 0. The van der Waals surface area contributed by atoms with Crippen LogP contribution in [0.1, 0.15) is 6.92 Å². The molecule has 1 saturated heterocycles. The fraction of sp³-hybridized carbons (Fsp3) is 0.875. The Morgan fingerprint density at radius 1 is 1.33 bits per heavy atom. The summed E-state index contributed by atoms with van der Waals surface area (Å²) in [5.74, 6) is 0.0442. The molecule has 1 aliphatic rings. The zero-order valence-corrected chi connectivity index (χ0v) is 7.60. The van der Waals surface area contributed by atoms with Gasteiger partial charge in [-0.15, -0.1) is 0 Å². The van der Waals surface area contributed by atoms with E-state index in [1.54, 1.807) is 0 Å². The van der Waals surface area contributed by atoms with Crippen LogP contribution in [0, 0.1) is 0 Å². The molecular formula is C8H17N3O. The second-order valence-electron chi connectivity index (χ2n) is 3.07. The third kappa shape index (κ3) is 5.09. The van der Waals surface area contributed by atoms with Crippen molar-refractivity contribution in [2.24, 2.45) is 0 Å². The Morgan fingerprint density at radius 2 is 2.08 bits per heavy atom. The molecule has 0 saturated carbocycles. The van der Waals surface area contributed by atoms with E-state index in [1.807, 2.05) is 0 Å². The topological polar surface area (TPSA) is 44.1 Å². The minimum atomic E-state index is 0.0442. The van der Waals surface area contributed by atoms with Crippen LogP contribution < -0.4 is 10.6 Å². The third-order valence-electron chi connectivity index (χ3n) is 1.82. The maximum atomic E-state index is 10.4. The lowest BCUT2D eigenvalue weighted by Gasteiger charge is -2.04. The van der Waals surface area contributed by atoms with Crippen molar-refractivity contribution in [1.29, 1.82) is 0 Å². The van der Waals surface area contributed by atoms with E-state index >= 15 is 0 Å². The van der Waals surface area contributed by atoms with Crippen molar-refractivity contribution < 1.29 is 4.79 Å². The maximum Gasteiger partial charge on any atom is 0.216 e. The Balaban J connectivity index is 1.73. The summed E-state index contributed by atoms with van der Waals surface area (Å²) in [6, 6.07) is 0. The van der Waals surface area contributed by atoms with Crippen LogP contribution in [0.25, 0.3) is 0 Å². The first-order chi connectivity index (χ1) is 5.79. The van der Waals surface area contributed by atoms with Crippen LogP contribution in [-0.4, -0.2) is 50.1 Å². The second kappa shape index (κ2) is 5.11. The quantitative estimate of drug-likeness (QED) is 0.399. The molecule has 0 aliphatic carbocycles. The Bertz CT molecular complexity index is 145. The van der Waals surface area contributed by atoms with E-state index in [4.69, 9.17) is 0 Å². The van der Waals surface area contributed by atoms with Gasteiger partial charge in [-0.2, -0.15) is 0 Å². The highest BCUT2D eigenvalue weighted by Gasteiger charge is 2.14. The normalized spacial score (nSPS) is 16.1. The van der Waals surface area contributed by atoms with Gasteiger partial charge in [0.05, 0.1) is 0 Å². The summed E-state index contributed by atoms with van der Waals surface area (Å²) < 4.78 is 0. The number of rotatable bonds is 6. The average Bonchev–Trinajstić information content (AvgIpc) is 2.79. The number of hydrogen-bond acceptors (Lipinski definition) is 3. The van der Waals surface area contributed by atoms with Crippen molar-refractivity contribution in [3.63, 3.8) is 0 Å². The highest BCUT2D eigenvalue weighted by molar-refractivity contribution is 5.72. The van der Waals surface area contributed by atoms with Crippen molar-refractivity contribution in [3.8, 4) is 0 Å². The number of amides is 1. The Kier molecular flexibility index (Phi) is 4.04. The Hall–Kier alpha value is -0.610. The molecule has 70 valence electrons. The highest BCUT2D eigenvalue weighted by Crippen LogP contribution is 1.99. The van der Waals surface area contributed by atoms with Gasteiger partial charge in [-0.05, 0) is 0 Å². The summed E-state index contributed by atoms with van der Waals surface area (Å²) in [4.78, 5) is 12.8. The molecule has 4 heteroatoms. The van der Waals surface area contributed by atoms with Crippen LogP contribution in [0.15, 0.2) is 0 Å². The fourth-order valence-electron chi connectivity index (χ4n) is 0.983. The number of nitrogens with one attached hydrogen (secondary N) is 2. The molecule has 0 aromatic heterocycles. The van der Waals surface area contributed by atoms with E-state index in [1.165, 1.54) is 20.0 Å². The number of carbonyl (C=O) groups excluding carboxylic acids is 1. The molecule has 0 unspecified atom stereocenters. The second-order valence-corrected chi connectivity index (χ2v) is 3.07. The van der Waals surface area contributed by atoms with Gasteiger partial charge in [0.2, 0.25) is 5.91 Å². The molecule has 0 bridgehead atoms. The van der Waals surface area contributed by atoms with Crippen LogP contribution in [0.4, 0.5) is 0 Å². The minimum Gasteiger partial charge on any atom is -0.355 e. The molecule has 2 N–H and O–H groups in total. The van der Waals surface area contributed by atoms with Gasteiger partial charge >= 0.3 is 0 Å². The smallest absolute Gasteiger partial charge is 0.216 e. The first-order valence-electron chi connectivity index (χ1n) is 4.46. The first kappa shape index (κ1) is 9.48. The van der Waals surface area contributed by atoms with E-state index in [-0.39, 0.29) is 5.91 Å². The molecule has 1 rings (SSSR count). The zero-order valence-electron chi connectivity index (χ0n) is 7.60. The summed E-state index contributed by atoms with van der Waals surface area (Å²) in [7, 11) is 0. The SMILES string of the molecule is CC(=O)NCCNCCN1CC1. The van der Waals surface area contributed by atoms with Crippen molar-refractivity contribution in [2.75, 3.05) is 39.3 Å². The lowest BCUT2D eigenvalue weighted by Crippen LogP contribution is -2.32. The first-order valence-corrected chi connectivity index (χ1v) is 4.46. The summed E-state index contributed by atoms with van der Waals surface area (Å²) in [6.45, 7) is 7.82. The molecule has 12 heavy (non-hydrogen) atoms. The van der Waals surface area contributed by atoms with Gasteiger partial charge in [-0.1, -0.05) is 0 Å². The number of nitrogens with zero attached hydrogens (tertiary/aromatic N) is 1. The van der Waals surface area contributed by atoms with Gasteiger partial charge in [-0.3, -0.25) is 9.69 Å². The number of carbonyl (C=O) groups is 1.